The predicted molar refractivity (Wildman–Crippen MR) is 83.1 cm³/mol. The van der Waals surface area contributed by atoms with Crippen molar-refractivity contribution in [3.63, 3.8) is 0 Å². The largest absolute Gasteiger partial charge is 0.353 e. The minimum absolute atomic E-state index is 0.0664. The van der Waals surface area contributed by atoms with E-state index >= 15 is 0 Å². The Balaban J connectivity index is 2.06. The molecule has 0 aliphatic heterocycles. The van der Waals surface area contributed by atoms with Gasteiger partial charge >= 0.3 is 0 Å². The highest BCUT2D eigenvalue weighted by Crippen LogP contribution is 2.25. The molecule has 3 rings (SSSR count). The van der Waals surface area contributed by atoms with Crippen LogP contribution < -0.4 is 5.32 Å². The smallest absolute Gasteiger partial charge is 0.252 e. The fourth-order valence-electron chi connectivity index (χ4n) is 2.31. The van der Waals surface area contributed by atoms with Crippen molar-refractivity contribution in [1.29, 1.82) is 0 Å². The van der Waals surface area contributed by atoms with Crippen molar-refractivity contribution in [3.8, 4) is 11.4 Å². The molecule has 1 amide bonds. The van der Waals surface area contributed by atoms with Crippen LogP contribution in [0.3, 0.4) is 0 Å². The molecule has 0 spiro atoms. The minimum Gasteiger partial charge on any atom is -0.353 e. The van der Waals surface area contributed by atoms with Crippen molar-refractivity contribution in [2.75, 3.05) is 0 Å². The van der Waals surface area contributed by atoms with Crippen LogP contribution in [0.1, 0.15) is 31.1 Å². The summed E-state index contributed by atoms with van der Waals surface area (Å²) in [5.41, 5.74) is 3.15. The van der Waals surface area contributed by atoms with Gasteiger partial charge in [0.05, 0.1) is 11.4 Å². The number of nitrogens with one attached hydrogen (secondary N) is 3. The fourth-order valence-corrected chi connectivity index (χ4v) is 2.31. The first-order valence-electron chi connectivity index (χ1n) is 6.88. The maximum Gasteiger partial charge on any atom is 0.252 e. The van der Waals surface area contributed by atoms with E-state index in [1.165, 1.54) is 0 Å². The number of hydrogen-bond acceptors (Lipinski definition) is 2. The summed E-state index contributed by atoms with van der Waals surface area (Å²) in [5.74, 6) is -0.0664. The number of carbonyl (C=O) groups excluding carboxylic acids is 1. The van der Waals surface area contributed by atoms with E-state index in [0.717, 1.165) is 22.3 Å². The van der Waals surface area contributed by atoms with Crippen LogP contribution in [0, 0.1) is 0 Å². The quantitative estimate of drug-likeness (QED) is 0.675. The van der Waals surface area contributed by atoms with E-state index in [2.05, 4.69) is 20.5 Å². The lowest BCUT2D eigenvalue weighted by Crippen LogP contribution is -2.40. The van der Waals surface area contributed by atoms with Gasteiger partial charge in [0.25, 0.3) is 5.91 Å². The Bertz CT molecular complexity index is 778. The van der Waals surface area contributed by atoms with Gasteiger partial charge in [-0.15, -0.1) is 0 Å². The fraction of sp³-hybridized carbons (Fsp3) is 0.250. The molecular formula is C16H18N4O. The molecule has 0 fully saturated rings. The van der Waals surface area contributed by atoms with Crippen molar-refractivity contribution >= 4 is 16.8 Å². The van der Waals surface area contributed by atoms with E-state index in [1.54, 1.807) is 6.20 Å². The Labute approximate surface area is 122 Å². The van der Waals surface area contributed by atoms with Gasteiger partial charge in [0.2, 0.25) is 0 Å². The number of H-pyrrole nitrogens is 2. The maximum absolute atomic E-state index is 12.4. The lowest BCUT2D eigenvalue weighted by atomic mass is 10.1. The molecule has 3 aromatic rings. The van der Waals surface area contributed by atoms with Crippen molar-refractivity contribution < 1.29 is 4.79 Å². The third kappa shape index (κ3) is 2.67. The van der Waals surface area contributed by atoms with E-state index in [0.29, 0.717) is 5.56 Å². The summed E-state index contributed by atoms with van der Waals surface area (Å²) < 4.78 is 0. The number of amides is 1. The lowest BCUT2D eigenvalue weighted by Gasteiger charge is -2.20. The third-order valence-electron chi connectivity index (χ3n) is 3.19. The summed E-state index contributed by atoms with van der Waals surface area (Å²) in [6.45, 7) is 5.91. The number of aromatic amines is 2. The monoisotopic (exact) mass is 282 g/mol. The molecule has 0 bridgehead atoms. The van der Waals surface area contributed by atoms with Crippen LogP contribution in [0.4, 0.5) is 0 Å². The third-order valence-corrected chi connectivity index (χ3v) is 3.19. The van der Waals surface area contributed by atoms with Gasteiger partial charge in [-0.1, -0.05) is 6.07 Å². The SMILES string of the molecule is CC(C)(C)NC(=O)c1cccc2[nH]c(-c3ccn[nH]3)cc12. The van der Waals surface area contributed by atoms with Gasteiger partial charge in [0, 0.05) is 28.2 Å². The van der Waals surface area contributed by atoms with Crippen molar-refractivity contribution in [2.45, 2.75) is 26.3 Å². The summed E-state index contributed by atoms with van der Waals surface area (Å²) >= 11 is 0. The highest BCUT2D eigenvalue weighted by Gasteiger charge is 2.18. The zero-order chi connectivity index (χ0) is 15.0. The van der Waals surface area contributed by atoms with Crippen LogP contribution in [0.15, 0.2) is 36.5 Å². The number of aromatic nitrogens is 3. The number of hydrogen-bond donors (Lipinski definition) is 3. The van der Waals surface area contributed by atoms with Gasteiger partial charge in [0.15, 0.2) is 0 Å². The average molecular weight is 282 g/mol. The summed E-state index contributed by atoms with van der Waals surface area (Å²) in [7, 11) is 0. The summed E-state index contributed by atoms with van der Waals surface area (Å²) in [4.78, 5) is 15.7. The molecule has 3 N–H and O–H groups in total. The van der Waals surface area contributed by atoms with Crippen LogP contribution in [0.25, 0.3) is 22.3 Å². The molecule has 2 aromatic heterocycles. The second kappa shape index (κ2) is 4.77. The number of nitrogens with zero attached hydrogens (tertiary/aromatic N) is 1. The van der Waals surface area contributed by atoms with E-state index in [9.17, 15) is 4.79 Å². The zero-order valence-electron chi connectivity index (χ0n) is 12.3. The van der Waals surface area contributed by atoms with E-state index < -0.39 is 0 Å². The first kappa shape index (κ1) is 13.4. The number of benzene rings is 1. The molecule has 2 heterocycles. The molecule has 21 heavy (non-hydrogen) atoms. The first-order valence-corrected chi connectivity index (χ1v) is 6.88. The molecule has 0 radical (unpaired) electrons. The Morgan fingerprint density at radius 1 is 1.19 bits per heavy atom. The lowest BCUT2D eigenvalue weighted by molar-refractivity contribution is 0.0921. The van der Waals surface area contributed by atoms with E-state index in [4.69, 9.17) is 0 Å². The number of fused-ring (bicyclic) bond motifs is 1. The second-order valence-electron chi connectivity index (χ2n) is 6.12. The molecule has 108 valence electrons. The maximum atomic E-state index is 12.4. The highest BCUT2D eigenvalue weighted by atomic mass is 16.1. The summed E-state index contributed by atoms with van der Waals surface area (Å²) in [5, 5.41) is 10.8. The van der Waals surface area contributed by atoms with Crippen LogP contribution in [0.5, 0.6) is 0 Å². The molecule has 0 saturated heterocycles. The Morgan fingerprint density at radius 3 is 2.67 bits per heavy atom. The number of carbonyl (C=O) groups is 1. The molecule has 0 saturated carbocycles. The van der Waals surface area contributed by atoms with Gasteiger partial charge < -0.3 is 10.3 Å². The normalized spacial score (nSPS) is 11.8. The Morgan fingerprint density at radius 2 is 2.00 bits per heavy atom. The predicted octanol–water partition coefficient (Wildman–Crippen LogP) is 3.09. The van der Waals surface area contributed by atoms with Crippen LogP contribution in [-0.2, 0) is 0 Å². The standard InChI is InChI=1S/C16H18N4O/c1-16(2,3)19-15(21)10-5-4-6-12-11(10)9-14(18-12)13-7-8-17-20-13/h4-9,18H,1-3H3,(H,17,20)(H,19,21). The average Bonchev–Trinajstić information content (AvgIpc) is 3.04. The Hall–Kier alpha value is -2.56. The molecule has 0 aliphatic rings. The molecule has 0 unspecified atom stereocenters. The molecule has 0 aliphatic carbocycles. The molecule has 5 nitrogen and oxygen atoms in total. The molecule has 1 aromatic carbocycles. The van der Waals surface area contributed by atoms with Gasteiger partial charge in [0.1, 0.15) is 0 Å². The molecular weight excluding hydrogens is 264 g/mol. The first-order chi connectivity index (χ1) is 9.94. The van der Waals surface area contributed by atoms with Crippen LogP contribution in [-0.4, -0.2) is 26.6 Å². The van der Waals surface area contributed by atoms with Gasteiger partial charge in [-0.25, -0.2) is 0 Å². The number of rotatable bonds is 2. The van der Waals surface area contributed by atoms with Crippen molar-refractivity contribution in [2.24, 2.45) is 0 Å². The molecule has 0 atom stereocenters. The van der Waals surface area contributed by atoms with Gasteiger partial charge in [-0.3, -0.25) is 9.89 Å². The minimum atomic E-state index is -0.262. The van der Waals surface area contributed by atoms with Gasteiger partial charge in [-0.2, -0.15) is 5.10 Å². The van der Waals surface area contributed by atoms with Crippen molar-refractivity contribution in [1.82, 2.24) is 20.5 Å². The highest BCUT2D eigenvalue weighted by molar-refractivity contribution is 6.07. The van der Waals surface area contributed by atoms with Crippen molar-refractivity contribution in [3.05, 3.63) is 42.1 Å². The topological polar surface area (TPSA) is 73.6 Å². The van der Waals surface area contributed by atoms with Crippen LogP contribution in [0.2, 0.25) is 0 Å². The Kier molecular flexibility index (Phi) is 3.05. The zero-order valence-corrected chi connectivity index (χ0v) is 12.3. The summed E-state index contributed by atoms with van der Waals surface area (Å²) in [6.07, 6.45) is 1.70. The van der Waals surface area contributed by atoms with E-state index in [1.807, 2.05) is 51.1 Å². The molecule has 5 heteroatoms. The van der Waals surface area contributed by atoms with Gasteiger partial charge in [-0.05, 0) is 45.0 Å². The second-order valence-corrected chi connectivity index (χ2v) is 6.12. The van der Waals surface area contributed by atoms with Crippen LogP contribution >= 0.6 is 0 Å². The summed E-state index contributed by atoms with van der Waals surface area (Å²) in [6, 6.07) is 9.55. The van der Waals surface area contributed by atoms with E-state index in [-0.39, 0.29) is 11.4 Å².